The van der Waals surface area contributed by atoms with Gasteiger partial charge in [-0.25, -0.2) is 0 Å². The highest BCUT2D eigenvalue weighted by Gasteiger charge is 2.18. The van der Waals surface area contributed by atoms with Crippen LogP contribution in [0.3, 0.4) is 0 Å². The average molecular weight is 1070 g/mol. The van der Waals surface area contributed by atoms with E-state index in [0.29, 0.717) is 19.4 Å². The lowest BCUT2D eigenvalue weighted by Crippen LogP contribution is -2.45. The number of hydrogen-bond donors (Lipinski definition) is 3. The minimum atomic E-state index is -0.847. The topological polar surface area (TPSA) is 95.9 Å². The first-order valence-electron chi connectivity index (χ1n) is 34.6. The zero-order valence-corrected chi connectivity index (χ0v) is 51.5. The molecule has 0 spiro atoms. The Kier molecular flexibility index (Phi) is 64.4. The van der Waals surface area contributed by atoms with Gasteiger partial charge in [0, 0.05) is 12.8 Å². The van der Waals surface area contributed by atoms with Gasteiger partial charge in [-0.1, -0.05) is 340 Å². The number of nitrogens with one attached hydrogen (secondary N) is 1. The number of hydrogen-bond acceptors (Lipinski definition) is 5. The minimum absolute atomic E-state index is 0.00295. The van der Waals surface area contributed by atoms with Crippen molar-refractivity contribution < 1.29 is 24.5 Å². The Labute approximate surface area is 475 Å². The van der Waals surface area contributed by atoms with Crippen LogP contribution < -0.4 is 5.32 Å². The van der Waals surface area contributed by atoms with Crippen molar-refractivity contribution >= 4 is 11.9 Å². The van der Waals surface area contributed by atoms with Crippen molar-refractivity contribution in [3.8, 4) is 0 Å². The maximum absolute atomic E-state index is 12.5. The molecule has 1 amide bonds. The quantitative estimate of drug-likeness (QED) is 0.0320. The van der Waals surface area contributed by atoms with E-state index in [4.69, 9.17) is 4.74 Å². The normalized spacial score (nSPS) is 12.6. The Morgan fingerprint density at radius 3 is 0.947 bits per heavy atom. The predicted octanol–water partition coefficient (Wildman–Crippen LogP) is 22.1. The number of esters is 1. The maximum atomic E-state index is 12.5. The first-order valence-corrected chi connectivity index (χ1v) is 34.6. The number of aliphatic hydroxyl groups is 2. The summed E-state index contributed by atoms with van der Waals surface area (Å²) in [5.74, 6) is -0.0617. The molecule has 0 aromatic heterocycles. The molecule has 0 heterocycles. The SMILES string of the molecule is CCCCCC/C=C\CCCCCCCC(=O)OCCCCCCCCCCCCCCCCCCCCCCCC(=O)NC(CO)C(O)/C=C/CCCCCCCCCCCCCCCCCCCCCCCCC. The molecule has 0 saturated carbocycles. The molecule has 0 fully saturated rings. The number of ether oxygens (including phenoxy) is 1. The van der Waals surface area contributed by atoms with Gasteiger partial charge >= 0.3 is 5.97 Å². The van der Waals surface area contributed by atoms with Crippen LogP contribution in [0.4, 0.5) is 0 Å². The molecular weight excluding hydrogens is 935 g/mol. The van der Waals surface area contributed by atoms with E-state index in [1.807, 2.05) is 6.08 Å². The number of carbonyl (C=O) groups is 2. The van der Waals surface area contributed by atoms with Crippen molar-refractivity contribution in [1.29, 1.82) is 0 Å². The van der Waals surface area contributed by atoms with Crippen molar-refractivity contribution in [2.45, 2.75) is 398 Å². The van der Waals surface area contributed by atoms with E-state index < -0.39 is 12.1 Å². The number of allylic oxidation sites excluding steroid dienone is 3. The molecule has 3 N–H and O–H groups in total. The second kappa shape index (κ2) is 65.9. The van der Waals surface area contributed by atoms with Crippen LogP contribution in [0.25, 0.3) is 0 Å². The van der Waals surface area contributed by atoms with Crippen LogP contribution >= 0.6 is 0 Å². The van der Waals surface area contributed by atoms with Crippen molar-refractivity contribution in [2.75, 3.05) is 13.2 Å². The first kappa shape index (κ1) is 74.3. The van der Waals surface area contributed by atoms with E-state index in [1.54, 1.807) is 6.08 Å². The summed E-state index contributed by atoms with van der Waals surface area (Å²) in [6.45, 7) is 4.92. The standard InChI is InChI=1S/C70H135NO5/c1-3-5-7-9-11-13-15-17-18-19-20-21-22-23-24-26-29-32-35-39-42-46-50-54-58-62-68(73)67(66-72)71-69(74)63-59-55-51-47-43-40-36-33-30-27-25-28-31-34-37-41-45-49-53-57-61-65-76-70(75)64-60-56-52-48-44-38-16-14-12-10-8-6-4-2/h14,16,58,62,67-68,72-73H,3-13,15,17-57,59-61,63-66H2,1-2H3,(H,71,74)/b16-14-,62-58+. The van der Waals surface area contributed by atoms with Gasteiger partial charge in [0.15, 0.2) is 0 Å². The van der Waals surface area contributed by atoms with Crippen LogP contribution in [-0.2, 0) is 14.3 Å². The Hall–Kier alpha value is -1.66. The van der Waals surface area contributed by atoms with Crippen LogP contribution in [0, 0.1) is 0 Å². The lowest BCUT2D eigenvalue weighted by atomic mass is 10.0. The number of rotatable bonds is 65. The first-order chi connectivity index (χ1) is 37.5. The summed E-state index contributed by atoms with van der Waals surface area (Å²) < 4.78 is 5.48. The predicted molar refractivity (Wildman–Crippen MR) is 333 cm³/mol. The van der Waals surface area contributed by atoms with Gasteiger partial charge in [0.1, 0.15) is 0 Å². The smallest absolute Gasteiger partial charge is 0.305 e. The molecule has 76 heavy (non-hydrogen) atoms. The van der Waals surface area contributed by atoms with Gasteiger partial charge in [-0.05, 0) is 57.8 Å². The third-order valence-corrected chi connectivity index (χ3v) is 16.2. The molecule has 0 bridgehead atoms. The molecule has 2 unspecified atom stereocenters. The Morgan fingerprint density at radius 2 is 0.618 bits per heavy atom. The van der Waals surface area contributed by atoms with Crippen molar-refractivity contribution in [2.24, 2.45) is 0 Å². The number of aliphatic hydroxyl groups excluding tert-OH is 2. The summed E-state index contributed by atoms with van der Waals surface area (Å²) in [4.78, 5) is 24.6. The molecule has 450 valence electrons. The van der Waals surface area contributed by atoms with E-state index in [9.17, 15) is 19.8 Å². The molecule has 0 radical (unpaired) electrons. The Balaban J connectivity index is 3.42. The van der Waals surface area contributed by atoms with Crippen molar-refractivity contribution in [3.63, 3.8) is 0 Å². The molecule has 0 rings (SSSR count). The van der Waals surface area contributed by atoms with Crippen molar-refractivity contribution in [1.82, 2.24) is 5.32 Å². The molecule has 6 nitrogen and oxygen atoms in total. The van der Waals surface area contributed by atoms with Crippen LogP contribution in [0.1, 0.15) is 386 Å². The van der Waals surface area contributed by atoms with Crippen LogP contribution in [0.2, 0.25) is 0 Å². The van der Waals surface area contributed by atoms with Gasteiger partial charge < -0.3 is 20.3 Å². The largest absolute Gasteiger partial charge is 0.466 e. The van der Waals surface area contributed by atoms with E-state index in [1.165, 1.54) is 315 Å². The highest BCUT2D eigenvalue weighted by atomic mass is 16.5. The molecule has 0 aliphatic heterocycles. The highest BCUT2D eigenvalue weighted by Crippen LogP contribution is 2.19. The fourth-order valence-electron chi connectivity index (χ4n) is 10.9. The molecular formula is C70H135NO5. The Morgan fingerprint density at radius 1 is 0.355 bits per heavy atom. The summed E-state index contributed by atoms with van der Waals surface area (Å²) in [6.07, 6.45) is 82.4. The number of carbonyl (C=O) groups excluding carboxylic acids is 2. The summed E-state index contributed by atoms with van der Waals surface area (Å²) in [6, 6.07) is -0.630. The molecule has 0 saturated heterocycles. The van der Waals surface area contributed by atoms with Gasteiger partial charge in [-0.15, -0.1) is 0 Å². The van der Waals surface area contributed by atoms with E-state index in [2.05, 4.69) is 31.3 Å². The van der Waals surface area contributed by atoms with Crippen LogP contribution in [0.15, 0.2) is 24.3 Å². The van der Waals surface area contributed by atoms with Gasteiger partial charge in [0.25, 0.3) is 0 Å². The number of amides is 1. The molecule has 0 aromatic carbocycles. The molecule has 2 atom stereocenters. The van der Waals surface area contributed by atoms with Gasteiger partial charge in [-0.3, -0.25) is 9.59 Å². The van der Waals surface area contributed by atoms with Gasteiger partial charge in [0.05, 0.1) is 25.4 Å². The molecule has 0 aliphatic carbocycles. The average Bonchev–Trinajstić information content (AvgIpc) is 3.42. The van der Waals surface area contributed by atoms with Gasteiger partial charge in [0.2, 0.25) is 5.91 Å². The van der Waals surface area contributed by atoms with E-state index >= 15 is 0 Å². The Bertz CT molecular complexity index is 1190. The summed E-state index contributed by atoms with van der Waals surface area (Å²) in [5, 5.41) is 23.3. The van der Waals surface area contributed by atoms with Crippen LogP contribution in [-0.4, -0.2) is 47.4 Å². The monoisotopic (exact) mass is 1070 g/mol. The zero-order valence-electron chi connectivity index (χ0n) is 51.5. The lowest BCUT2D eigenvalue weighted by Gasteiger charge is -2.20. The minimum Gasteiger partial charge on any atom is -0.466 e. The second-order valence-electron chi connectivity index (χ2n) is 23.9. The third-order valence-electron chi connectivity index (χ3n) is 16.2. The highest BCUT2D eigenvalue weighted by molar-refractivity contribution is 5.76. The second-order valence-corrected chi connectivity index (χ2v) is 23.9. The number of unbranched alkanes of at least 4 members (excludes halogenated alkanes) is 52. The summed E-state index contributed by atoms with van der Waals surface area (Å²) in [5.41, 5.74) is 0. The van der Waals surface area contributed by atoms with Crippen LogP contribution in [0.5, 0.6) is 0 Å². The summed E-state index contributed by atoms with van der Waals surface area (Å²) >= 11 is 0. The lowest BCUT2D eigenvalue weighted by molar-refractivity contribution is -0.143. The van der Waals surface area contributed by atoms with E-state index in [0.717, 1.165) is 44.9 Å². The summed E-state index contributed by atoms with van der Waals surface area (Å²) in [7, 11) is 0. The fraction of sp³-hybridized carbons (Fsp3) is 0.914. The fourth-order valence-corrected chi connectivity index (χ4v) is 10.9. The van der Waals surface area contributed by atoms with E-state index in [-0.39, 0.29) is 18.5 Å². The zero-order chi connectivity index (χ0) is 55.0. The molecule has 6 heteroatoms. The molecule has 0 aromatic rings. The maximum Gasteiger partial charge on any atom is 0.305 e. The van der Waals surface area contributed by atoms with Gasteiger partial charge in [-0.2, -0.15) is 0 Å². The third kappa shape index (κ3) is 61.6. The van der Waals surface area contributed by atoms with Crippen molar-refractivity contribution in [3.05, 3.63) is 24.3 Å². The molecule has 0 aliphatic rings.